The van der Waals surface area contributed by atoms with Crippen molar-refractivity contribution in [3.05, 3.63) is 105 Å². The van der Waals surface area contributed by atoms with Crippen molar-refractivity contribution in [2.75, 3.05) is 0 Å². The van der Waals surface area contributed by atoms with Crippen LogP contribution < -0.4 is 5.56 Å². The number of nitro benzene ring substituents is 1. The summed E-state index contributed by atoms with van der Waals surface area (Å²) in [5.74, 6) is 0.441. The number of nitrogens with zero attached hydrogens (tertiary/aromatic N) is 3. The summed E-state index contributed by atoms with van der Waals surface area (Å²) in [6.07, 6.45) is 3.50. The summed E-state index contributed by atoms with van der Waals surface area (Å²) < 4.78 is 4.06. The molecule has 0 aliphatic rings. The fourth-order valence-corrected chi connectivity index (χ4v) is 4.32. The second-order valence-corrected chi connectivity index (χ2v) is 9.57. The highest BCUT2D eigenvalue weighted by Crippen LogP contribution is 2.26. The maximum absolute atomic E-state index is 13.5. The highest BCUT2D eigenvalue weighted by molar-refractivity contribution is 14.1. The van der Waals surface area contributed by atoms with Crippen molar-refractivity contribution in [3.8, 4) is 5.69 Å². The van der Waals surface area contributed by atoms with Gasteiger partial charge in [-0.2, -0.15) is 0 Å². The Balaban J connectivity index is 1.93. The lowest BCUT2D eigenvalue weighted by molar-refractivity contribution is -0.384. The number of fused-ring (bicyclic) bond motifs is 1. The van der Waals surface area contributed by atoms with Crippen molar-refractivity contribution in [2.24, 2.45) is 0 Å². The number of hydrogen-bond acceptors (Lipinski definition) is 4. The third-order valence-electron chi connectivity index (χ3n) is 4.53. The molecule has 154 valence electrons. The van der Waals surface area contributed by atoms with Crippen LogP contribution in [0.4, 0.5) is 5.69 Å². The van der Waals surface area contributed by atoms with Crippen LogP contribution in [0.2, 0.25) is 0 Å². The predicted octanol–water partition coefficient (Wildman–Crippen LogP) is 6.59. The van der Waals surface area contributed by atoms with Crippen molar-refractivity contribution in [3.63, 3.8) is 0 Å². The molecule has 0 saturated carbocycles. The van der Waals surface area contributed by atoms with E-state index in [1.807, 2.05) is 36.4 Å². The van der Waals surface area contributed by atoms with Gasteiger partial charge in [0.2, 0.25) is 0 Å². The summed E-state index contributed by atoms with van der Waals surface area (Å²) in [5.41, 5.74) is 1.82. The summed E-state index contributed by atoms with van der Waals surface area (Å²) in [6, 6.07) is 17.3. The minimum atomic E-state index is -0.442. The Morgan fingerprint density at radius 3 is 2.45 bits per heavy atom. The van der Waals surface area contributed by atoms with E-state index < -0.39 is 4.92 Å². The monoisotopic (exact) mass is 651 g/mol. The second kappa shape index (κ2) is 9.01. The second-order valence-electron chi connectivity index (χ2n) is 6.55. The molecule has 9 heteroatoms. The lowest BCUT2D eigenvalue weighted by Gasteiger charge is -2.13. The van der Waals surface area contributed by atoms with E-state index in [0.717, 1.165) is 18.1 Å². The molecule has 1 heterocycles. The number of aromatic nitrogens is 2. The van der Waals surface area contributed by atoms with Gasteiger partial charge in [-0.1, -0.05) is 22.0 Å². The van der Waals surface area contributed by atoms with E-state index in [1.54, 1.807) is 28.9 Å². The Bertz CT molecular complexity index is 1420. The smallest absolute Gasteiger partial charge is 0.268 e. The van der Waals surface area contributed by atoms with Crippen LogP contribution in [0, 0.1) is 13.7 Å². The van der Waals surface area contributed by atoms with Crippen molar-refractivity contribution < 1.29 is 4.92 Å². The van der Waals surface area contributed by atoms with Crippen molar-refractivity contribution >= 4 is 83.2 Å². The third kappa shape index (κ3) is 4.63. The first-order chi connectivity index (χ1) is 14.8. The van der Waals surface area contributed by atoms with Gasteiger partial charge in [-0.05, 0) is 98.7 Å². The van der Waals surface area contributed by atoms with Crippen LogP contribution in [0.1, 0.15) is 11.4 Å². The average molecular weight is 653 g/mol. The zero-order valence-corrected chi connectivity index (χ0v) is 21.0. The molecule has 6 nitrogen and oxygen atoms in total. The predicted molar refractivity (Wildman–Crippen MR) is 137 cm³/mol. The standard InChI is InChI=1S/C22H12Br2IN3O3/c23-14-4-8-18(24)20(11-14)27-21(10-3-13-1-6-16(7-2-13)28(30)31)26-19-9-5-15(25)12-17(19)22(27)29/h1-12H/b10-3+. The Morgan fingerprint density at radius 2 is 1.74 bits per heavy atom. The van der Waals surface area contributed by atoms with E-state index in [2.05, 4.69) is 54.5 Å². The van der Waals surface area contributed by atoms with Gasteiger partial charge in [0.15, 0.2) is 0 Å². The number of benzene rings is 3. The molecule has 0 spiro atoms. The SMILES string of the molecule is O=c1c2cc(I)ccc2nc(/C=C/c2ccc([N+](=O)[O-])cc2)n1-c1cc(Br)ccc1Br. The molecule has 0 unspecified atom stereocenters. The molecule has 0 atom stereocenters. The summed E-state index contributed by atoms with van der Waals surface area (Å²) in [5, 5.41) is 11.4. The Kier molecular flexibility index (Phi) is 6.35. The summed E-state index contributed by atoms with van der Waals surface area (Å²) >= 11 is 9.17. The van der Waals surface area contributed by atoms with Crippen molar-refractivity contribution in [1.82, 2.24) is 9.55 Å². The maximum atomic E-state index is 13.5. The number of rotatable bonds is 4. The van der Waals surface area contributed by atoms with Gasteiger partial charge in [-0.25, -0.2) is 4.98 Å². The molecule has 0 amide bonds. The van der Waals surface area contributed by atoms with Crippen molar-refractivity contribution in [1.29, 1.82) is 0 Å². The Labute approximate surface area is 207 Å². The van der Waals surface area contributed by atoms with Gasteiger partial charge in [0.05, 0.1) is 21.5 Å². The number of halogens is 3. The third-order valence-corrected chi connectivity index (χ3v) is 6.37. The summed E-state index contributed by atoms with van der Waals surface area (Å²) in [6.45, 7) is 0. The van der Waals surface area contributed by atoms with E-state index >= 15 is 0 Å². The number of nitro groups is 1. The lowest BCUT2D eigenvalue weighted by atomic mass is 10.2. The average Bonchev–Trinajstić information content (AvgIpc) is 2.75. The van der Waals surface area contributed by atoms with Crippen LogP contribution in [-0.2, 0) is 0 Å². The van der Waals surface area contributed by atoms with Crippen LogP contribution in [0.15, 0.2) is 74.4 Å². The fourth-order valence-electron chi connectivity index (χ4n) is 3.05. The minimum absolute atomic E-state index is 0.0190. The first-order valence-corrected chi connectivity index (χ1v) is 11.6. The number of non-ortho nitro benzene ring substituents is 1. The zero-order chi connectivity index (χ0) is 22.1. The summed E-state index contributed by atoms with van der Waals surface area (Å²) in [4.78, 5) is 28.6. The van der Waals surface area contributed by atoms with Gasteiger partial charge in [0, 0.05) is 24.6 Å². The molecule has 3 aromatic carbocycles. The van der Waals surface area contributed by atoms with E-state index in [9.17, 15) is 14.9 Å². The molecule has 1 aromatic heterocycles. The van der Waals surface area contributed by atoms with E-state index in [-0.39, 0.29) is 11.2 Å². The van der Waals surface area contributed by atoms with Gasteiger partial charge in [0.1, 0.15) is 5.82 Å². The quantitative estimate of drug-likeness (QED) is 0.142. The number of hydrogen-bond donors (Lipinski definition) is 0. The summed E-state index contributed by atoms with van der Waals surface area (Å²) in [7, 11) is 0. The first-order valence-electron chi connectivity index (χ1n) is 8.94. The van der Waals surface area contributed by atoms with E-state index in [0.29, 0.717) is 22.4 Å². The zero-order valence-electron chi connectivity index (χ0n) is 15.6. The van der Waals surface area contributed by atoms with Gasteiger partial charge >= 0.3 is 0 Å². The molecule has 0 aliphatic carbocycles. The van der Waals surface area contributed by atoms with Crippen LogP contribution in [0.25, 0.3) is 28.7 Å². The van der Waals surface area contributed by atoms with Crippen LogP contribution in [0.3, 0.4) is 0 Å². The van der Waals surface area contributed by atoms with Crippen LogP contribution >= 0.6 is 54.5 Å². The molecular formula is C22H12Br2IN3O3. The molecule has 0 bridgehead atoms. The van der Waals surface area contributed by atoms with E-state index in [4.69, 9.17) is 4.98 Å². The largest absolute Gasteiger partial charge is 0.269 e. The topological polar surface area (TPSA) is 78.0 Å². The van der Waals surface area contributed by atoms with Gasteiger partial charge in [-0.15, -0.1) is 0 Å². The normalized spacial score (nSPS) is 11.3. The lowest BCUT2D eigenvalue weighted by Crippen LogP contribution is -2.22. The highest BCUT2D eigenvalue weighted by Gasteiger charge is 2.14. The molecule has 4 aromatic rings. The molecule has 0 N–H and O–H groups in total. The van der Waals surface area contributed by atoms with Crippen LogP contribution in [-0.4, -0.2) is 14.5 Å². The first kappa shape index (κ1) is 21.8. The Hall–Kier alpha value is -2.37. The van der Waals surface area contributed by atoms with Gasteiger partial charge in [0.25, 0.3) is 11.2 Å². The van der Waals surface area contributed by atoms with Gasteiger partial charge in [-0.3, -0.25) is 19.5 Å². The van der Waals surface area contributed by atoms with Crippen LogP contribution in [0.5, 0.6) is 0 Å². The molecule has 0 radical (unpaired) electrons. The minimum Gasteiger partial charge on any atom is -0.268 e. The maximum Gasteiger partial charge on any atom is 0.269 e. The van der Waals surface area contributed by atoms with E-state index in [1.165, 1.54) is 12.1 Å². The molecule has 4 rings (SSSR count). The highest BCUT2D eigenvalue weighted by atomic mass is 127. The molecule has 0 fully saturated rings. The van der Waals surface area contributed by atoms with Crippen molar-refractivity contribution in [2.45, 2.75) is 0 Å². The van der Waals surface area contributed by atoms with Gasteiger partial charge < -0.3 is 0 Å². The molecule has 0 aliphatic heterocycles. The molecule has 31 heavy (non-hydrogen) atoms. The molecule has 0 saturated heterocycles. The fraction of sp³-hybridized carbons (Fsp3) is 0. The molecular weight excluding hydrogens is 641 g/mol. The Morgan fingerprint density at radius 1 is 1.00 bits per heavy atom.